The van der Waals surface area contributed by atoms with Crippen LogP contribution in [0.4, 0.5) is 0 Å². The molecule has 0 fully saturated rings. The highest BCUT2D eigenvalue weighted by Gasteiger charge is 2.22. The largest absolute Gasteiger partial charge is 0.493 e. The summed E-state index contributed by atoms with van der Waals surface area (Å²) >= 11 is 0. The fraction of sp³-hybridized carbons (Fsp3) is 0.588. The number of aliphatic carboxylic acids is 1. The summed E-state index contributed by atoms with van der Waals surface area (Å²) in [4.78, 5) is 10.7. The topological polar surface area (TPSA) is 46.5 Å². The summed E-state index contributed by atoms with van der Waals surface area (Å²) in [5.41, 5.74) is 3.53. The molecule has 0 aliphatic rings. The molecule has 0 amide bonds. The predicted molar refractivity (Wildman–Crippen MR) is 81.6 cm³/mol. The van der Waals surface area contributed by atoms with Crippen molar-refractivity contribution in [3.05, 3.63) is 28.8 Å². The Balaban J connectivity index is 3.13. The molecule has 0 aliphatic heterocycles. The zero-order valence-corrected chi connectivity index (χ0v) is 13.2. The summed E-state index contributed by atoms with van der Waals surface area (Å²) in [7, 11) is 0. The van der Waals surface area contributed by atoms with E-state index >= 15 is 0 Å². The molecular formula is C17H26O3. The number of benzene rings is 1. The molecule has 3 heteroatoms. The average Bonchev–Trinajstić information content (AvgIpc) is 2.30. The van der Waals surface area contributed by atoms with Crippen molar-refractivity contribution in [2.24, 2.45) is 0 Å². The van der Waals surface area contributed by atoms with Gasteiger partial charge in [0.1, 0.15) is 5.75 Å². The zero-order valence-electron chi connectivity index (χ0n) is 13.2. The molecule has 3 nitrogen and oxygen atoms in total. The lowest BCUT2D eigenvalue weighted by Gasteiger charge is -2.25. The van der Waals surface area contributed by atoms with E-state index in [9.17, 15) is 4.79 Å². The van der Waals surface area contributed by atoms with Crippen LogP contribution in [0.5, 0.6) is 5.75 Å². The van der Waals surface area contributed by atoms with E-state index in [1.54, 1.807) is 0 Å². The lowest BCUT2D eigenvalue weighted by molar-refractivity contribution is -0.137. The smallest absolute Gasteiger partial charge is 0.303 e. The molecule has 0 unspecified atom stereocenters. The number of carboxylic acids is 1. The van der Waals surface area contributed by atoms with Crippen LogP contribution in [-0.4, -0.2) is 17.7 Å². The van der Waals surface area contributed by atoms with Crippen molar-refractivity contribution in [1.29, 1.82) is 0 Å². The second-order valence-electron chi connectivity index (χ2n) is 6.23. The fourth-order valence-electron chi connectivity index (χ4n) is 2.34. The van der Waals surface area contributed by atoms with E-state index in [1.807, 2.05) is 6.92 Å². The summed E-state index contributed by atoms with van der Waals surface area (Å²) in [6.45, 7) is 11.2. The number of carboxylic acid groups (broad SMARTS) is 1. The summed E-state index contributed by atoms with van der Waals surface area (Å²) < 4.78 is 5.86. The van der Waals surface area contributed by atoms with E-state index in [-0.39, 0.29) is 11.8 Å². The van der Waals surface area contributed by atoms with Crippen molar-refractivity contribution in [3.8, 4) is 5.75 Å². The number of rotatable bonds is 6. The molecule has 0 heterocycles. The lowest BCUT2D eigenvalue weighted by atomic mass is 9.83. The Morgan fingerprint density at radius 1 is 1.30 bits per heavy atom. The van der Waals surface area contributed by atoms with E-state index in [0.29, 0.717) is 13.0 Å². The van der Waals surface area contributed by atoms with E-state index in [4.69, 9.17) is 9.84 Å². The van der Waals surface area contributed by atoms with Crippen LogP contribution in [0.3, 0.4) is 0 Å². The quantitative estimate of drug-likeness (QED) is 0.852. The first-order valence-corrected chi connectivity index (χ1v) is 7.24. The first-order valence-electron chi connectivity index (χ1n) is 7.24. The minimum atomic E-state index is -0.744. The van der Waals surface area contributed by atoms with Gasteiger partial charge in [0.2, 0.25) is 0 Å². The zero-order chi connectivity index (χ0) is 15.3. The maximum Gasteiger partial charge on any atom is 0.303 e. The first-order chi connectivity index (χ1) is 9.25. The molecule has 20 heavy (non-hydrogen) atoms. The van der Waals surface area contributed by atoms with Gasteiger partial charge in [-0.15, -0.1) is 0 Å². The van der Waals surface area contributed by atoms with Crippen molar-refractivity contribution in [1.82, 2.24) is 0 Å². The highest BCUT2D eigenvalue weighted by molar-refractivity contribution is 5.66. The Morgan fingerprint density at radius 2 is 1.95 bits per heavy atom. The molecule has 0 aliphatic carbocycles. The van der Waals surface area contributed by atoms with Crippen molar-refractivity contribution < 1.29 is 14.6 Å². The average molecular weight is 278 g/mol. The Hall–Kier alpha value is -1.51. The standard InChI is InChI=1S/C17H26O3/c1-6-20-16-13(8-7-9-15(18)19)10-12(2)11-14(16)17(3,4)5/h10-11H,6-9H2,1-5H3,(H,18,19). The third-order valence-electron chi connectivity index (χ3n) is 3.24. The summed E-state index contributed by atoms with van der Waals surface area (Å²) in [6, 6.07) is 4.29. The van der Waals surface area contributed by atoms with Crippen LogP contribution in [0.25, 0.3) is 0 Å². The molecule has 0 saturated heterocycles. The third kappa shape index (κ3) is 4.55. The first kappa shape index (κ1) is 16.5. The lowest BCUT2D eigenvalue weighted by Crippen LogP contribution is -2.15. The molecule has 1 rings (SSSR count). The Morgan fingerprint density at radius 3 is 2.45 bits per heavy atom. The van der Waals surface area contributed by atoms with E-state index < -0.39 is 5.97 Å². The summed E-state index contributed by atoms with van der Waals surface area (Å²) in [6.07, 6.45) is 1.58. The predicted octanol–water partition coefficient (Wildman–Crippen LogP) is 4.10. The molecule has 0 spiro atoms. The third-order valence-corrected chi connectivity index (χ3v) is 3.24. The summed E-state index contributed by atoms with van der Waals surface area (Å²) in [5.74, 6) is 0.197. The highest BCUT2D eigenvalue weighted by atomic mass is 16.5. The van der Waals surface area contributed by atoms with Gasteiger partial charge >= 0.3 is 5.97 Å². The van der Waals surface area contributed by atoms with E-state index in [1.165, 1.54) is 11.1 Å². The van der Waals surface area contributed by atoms with Gasteiger partial charge in [0.05, 0.1) is 6.61 Å². The van der Waals surface area contributed by atoms with Crippen LogP contribution in [0, 0.1) is 6.92 Å². The maximum atomic E-state index is 10.7. The van der Waals surface area contributed by atoms with Gasteiger partial charge in [-0.3, -0.25) is 4.79 Å². The van der Waals surface area contributed by atoms with Crippen LogP contribution in [0.1, 0.15) is 57.2 Å². The Labute approximate surface area is 122 Å². The van der Waals surface area contributed by atoms with E-state index in [0.717, 1.165) is 17.7 Å². The number of hydrogen-bond acceptors (Lipinski definition) is 2. The van der Waals surface area contributed by atoms with Gasteiger partial charge in [-0.1, -0.05) is 38.5 Å². The van der Waals surface area contributed by atoms with Crippen LogP contribution >= 0.6 is 0 Å². The van der Waals surface area contributed by atoms with Crippen molar-refractivity contribution >= 4 is 5.97 Å². The van der Waals surface area contributed by atoms with Crippen molar-refractivity contribution in [2.45, 2.75) is 59.3 Å². The summed E-state index contributed by atoms with van der Waals surface area (Å²) in [5, 5.41) is 8.77. The number of hydrogen-bond donors (Lipinski definition) is 1. The number of ether oxygens (including phenoxy) is 1. The number of carbonyl (C=O) groups is 1. The highest BCUT2D eigenvalue weighted by Crippen LogP contribution is 2.36. The van der Waals surface area contributed by atoms with Gasteiger partial charge in [0.15, 0.2) is 0 Å². The van der Waals surface area contributed by atoms with Crippen LogP contribution in [0.2, 0.25) is 0 Å². The van der Waals surface area contributed by atoms with Crippen molar-refractivity contribution in [2.75, 3.05) is 6.61 Å². The van der Waals surface area contributed by atoms with Gasteiger partial charge in [0.25, 0.3) is 0 Å². The minimum absolute atomic E-state index is 0.0120. The second-order valence-corrected chi connectivity index (χ2v) is 6.23. The van der Waals surface area contributed by atoms with Gasteiger partial charge < -0.3 is 9.84 Å². The molecule has 0 bridgehead atoms. The van der Waals surface area contributed by atoms with E-state index in [2.05, 4.69) is 39.8 Å². The fourth-order valence-corrected chi connectivity index (χ4v) is 2.34. The molecular weight excluding hydrogens is 252 g/mol. The van der Waals surface area contributed by atoms with Gasteiger partial charge in [-0.2, -0.15) is 0 Å². The van der Waals surface area contributed by atoms with Crippen LogP contribution < -0.4 is 4.74 Å². The molecule has 112 valence electrons. The molecule has 1 N–H and O–H groups in total. The molecule has 0 radical (unpaired) electrons. The molecule has 0 atom stereocenters. The monoisotopic (exact) mass is 278 g/mol. The molecule has 1 aromatic rings. The molecule has 1 aromatic carbocycles. The Bertz CT molecular complexity index is 470. The molecule has 0 aromatic heterocycles. The van der Waals surface area contributed by atoms with Crippen LogP contribution in [0.15, 0.2) is 12.1 Å². The number of aryl methyl sites for hydroxylation is 2. The van der Waals surface area contributed by atoms with Crippen LogP contribution in [-0.2, 0) is 16.6 Å². The Kier molecular flexibility index (Phi) is 5.61. The van der Waals surface area contributed by atoms with Gasteiger partial charge in [0, 0.05) is 12.0 Å². The van der Waals surface area contributed by atoms with Gasteiger partial charge in [-0.25, -0.2) is 0 Å². The molecule has 0 saturated carbocycles. The van der Waals surface area contributed by atoms with Gasteiger partial charge in [-0.05, 0) is 37.7 Å². The minimum Gasteiger partial charge on any atom is -0.493 e. The normalized spacial score (nSPS) is 11.4. The second kappa shape index (κ2) is 6.78. The maximum absolute atomic E-state index is 10.7. The van der Waals surface area contributed by atoms with Crippen molar-refractivity contribution in [3.63, 3.8) is 0 Å². The SMILES string of the molecule is CCOc1c(CCCC(=O)O)cc(C)cc1C(C)(C)C.